The Morgan fingerprint density at radius 2 is 2.13 bits per heavy atom. The molecule has 2 rings (SSSR count). The predicted octanol–water partition coefficient (Wildman–Crippen LogP) is 1.97. The monoisotopic (exact) mass is 207 g/mol. The Morgan fingerprint density at radius 1 is 1.40 bits per heavy atom. The molecule has 0 saturated heterocycles. The third-order valence-corrected chi connectivity index (χ3v) is 3.82. The average molecular weight is 207 g/mol. The zero-order chi connectivity index (χ0) is 11.0. The van der Waals surface area contributed by atoms with E-state index in [1.165, 1.54) is 29.8 Å². The van der Waals surface area contributed by atoms with Crippen molar-refractivity contribution in [1.82, 2.24) is 9.78 Å². The van der Waals surface area contributed by atoms with Gasteiger partial charge in [0.05, 0.1) is 11.7 Å². The summed E-state index contributed by atoms with van der Waals surface area (Å²) in [6.07, 6.45) is 3.59. The fraction of sp³-hybridized carbons (Fsp3) is 0.750. The van der Waals surface area contributed by atoms with Crippen molar-refractivity contribution in [2.75, 3.05) is 6.54 Å². The highest BCUT2D eigenvalue weighted by molar-refractivity contribution is 5.25. The quantitative estimate of drug-likeness (QED) is 0.823. The molecule has 3 nitrogen and oxygen atoms in total. The summed E-state index contributed by atoms with van der Waals surface area (Å²) in [5, 5.41) is 4.66. The zero-order valence-corrected chi connectivity index (χ0v) is 9.95. The van der Waals surface area contributed by atoms with Crippen molar-refractivity contribution in [3.05, 3.63) is 17.0 Å². The molecule has 0 radical (unpaired) electrons. The highest BCUT2D eigenvalue weighted by Crippen LogP contribution is 2.38. The first kappa shape index (κ1) is 10.7. The molecule has 0 aliphatic heterocycles. The summed E-state index contributed by atoms with van der Waals surface area (Å²) in [7, 11) is 0. The molecule has 0 amide bonds. The molecule has 84 valence electrons. The normalized spacial score (nSPS) is 25.3. The van der Waals surface area contributed by atoms with Gasteiger partial charge in [-0.1, -0.05) is 6.92 Å². The Labute approximate surface area is 91.7 Å². The maximum absolute atomic E-state index is 5.75. The van der Waals surface area contributed by atoms with E-state index < -0.39 is 0 Å². The molecule has 1 heterocycles. The molecule has 0 aromatic carbocycles. The molecule has 2 N–H and O–H groups in total. The lowest BCUT2D eigenvalue weighted by Gasteiger charge is -2.36. The summed E-state index contributed by atoms with van der Waals surface area (Å²) in [6, 6.07) is 0.564. The van der Waals surface area contributed by atoms with E-state index in [9.17, 15) is 0 Å². The highest BCUT2D eigenvalue weighted by atomic mass is 15.3. The number of rotatable bonds is 3. The molecule has 0 spiro atoms. The van der Waals surface area contributed by atoms with Crippen LogP contribution in [0, 0.1) is 19.8 Å². The maximum atomic E-state index is 5.75. The van der Waals surface area contributed by atoms with Crippen LogP contribution in [0.15, 0.2) is 0 Å². The number of aryl methyl sites for hydroxylation is 1. The maximum Gasteiger partial charge on any atom is 0.0628 e. The van der Waals surface area contributed by atoms with Gasteiger partial charge < -0.3 is 5.73 Å². The number of nitrogens with two attached hydrogens (primary N) is 1. The molecule has 1 aliphatic carbocycles. The average Bonchev–Trinajstić information content (AvgIpc) is 2.41. The lowest BCUT2D eigenvalue weighted by atomic mass is 9.79. The molecular formula is C12H21N3. The van der Waals surface area contributed by atoms with E-state index >= 15 is 0 Å². The Balaban J connectivity index is 2.29. The summed E-state index contributed by atoms with van der Waals surface area (Å²) >= 11 is 0. The van der Waals surface area contributed by atoms with Crippen LogP contribution in [-0.2, 0) is 6.42 Å². The molecule has 2 atom stereocenters. The van der Waals surface area contributed by atoms with E-state index in [0.29, 0.717) is 12.0 Å². The van der Waals surface area contributed by atoms with Gasteiger partial charge in [0.25, 0.3) is 0 Å². The van der Waals surface area contributed by atoms with Crippen LogP contribution in [0.5, 0.6) is 0 Å². The van der Waals surface area contributed by atoms with Crippen LogP contribution in [0.2, 0.25) is 0 Å². The molecule has 1 aromatic heterocycles. The molecular weight excluding hydrogens is 186 g/mol. The van der Waals surface area contributed by atoms with Crippen molar-refractivity contribution < 1.29 is 0 Å². The molecule has 3 heteroatoms. The van der Waals surface area contributed by atoms with Crippen molar-refractivity contribution in [2.45, 2.75) is 46.1 Å². The molecule has 15 heavy (non-hydrogen) atoms. The first-order valence-electron chi connectivity index (χ1n) is 5.93. The number of nitrogens with zero attached hydrogens (tertiary/aromatic N) is 2. The van der Waals surface area contributed by atoms with Crippen LogP contribution >= 0.6 is 0 Å². The lowest BCUT2D eigenvalue weighted by molar-refractivity contribution is 0.171. The Bertz CT molecular complexity index is 352. The summed E-state index contributed by atoms with van der Waals surface area (Å²) in [5.74, 6) is 0.646. The fourth-order valence-corrected chi connectivity index (χ4v) is 2.68. The summed E-state index contributed by atoms with van der Waals surface area (Å²) in [6.45, 7) is 7.29. The van der Waals surface area contributed by atoms with Gasteiger partial charge in [-0.25, -0.2) is 0 Å². The Hall–Kier alpha value is -0.830. The van der Waals surface area contributed by atoms with Crippen LogP contribution in [0.1, 0.15) is 42.8 Å². The largest absolute Gasteiger partial charge is 0.330 e. The van der Waals surface area contributed by atoms with Gasteiger partial charge in [0.2, 0.25) is 0 Å². The van der Waals surface area contributed by atoms with Crippen molar-refractivity contribution >= 4 is 0 Å². The van der Waals surface area contributed by atoms with Gasteiger partial charge in [0.15, 0.2) is 0 Å². The van der Waals surface area contributed by atoms with Crippen LogP contribution < -0.4 is 5.73 Å². The Kier molecular flexibility index (Phi) is 2.83. The summed E-state index contributed by atoms with van der Waals surface area (Å²) in [5.41, 5.74) is 9.70. The second kappa shape index (κ2) is 3.97. The lowest BCUT2D eigenvalue weighted by Crippen LogP contribution is -2.35. The van der Waals surface area contributed by atoms with Crippen LogP contribution in [0.3, 0.4) is 0 Å². The van der Waals surface area contributed by atoms with Crippen molar-refractivity contribution in [3.8, 4) is 0 Å². The van der Waals surface area contributed by atoms with Gasteiger partial charge >= 0.3 is 0 Å². The Morgan fingerprint density at radius 3 is 2.53 bits per heavy atom. The second-order valence-corrected chi connectivity index (χ2v) is 4.59. The minimum absolute atomic E-state index is 0.564. The molecule has 1 fully saturated rings. The number of hydrogen-bond donors (Lipinski definition) is 1. The van der Waals surface area contributed by atoms with Crippen LogP contribution in [0.25, 0.3) is 0 Å². The van der Waals surface area contributed by atoms with E-state index in [4.69, 9.17) is 5.73 Å². The van der Waals surface area contributed by atoms with Gasteiger partial charge in [0, 0.05) is 5.69 Å². The van der Waals surface area contributed by atoms with Gasteiger partial charge in [-0.3, -0.25) is 4.68 Å². The molecule has 1 saturated carbocycles. The first-order valence-corrected chi connectivity index (χ1v) is 5.93. The minimum Gasteiger partial charge on any atom is -0.330 e. The van der Waals surface area contributed by atoms with E-state index in [0.717, 1.165) is 13.0 Å². The SMILES string of the molecule is CCc1c(C)nn(C2CCC2CN)c1C. The van der Waals surface area contributed by atoms with Crippen LogP contribution in [0.4, 0.5) is 0 Å². The molecule has 2 unspecified atom stereocenters. The smallest absolute Gasteiger partial charge is 0.0628 e. The highest BCUT2D eigenvalue weighted by Gasteiger charge is 2.33. The van der Waals surface area contributed by atoms with Crippen LogP contribution in [-0.4, -0.2) is 16.3 Å². The first-order chi connectivity index (χ1) is 7.19. The van der Waals surface area contributed by atoms with E-state index in [-0.39, 0.29) is 0 Å². The molecule has 0 bridgehead atoms. The van der Waals surface area contributed by atoms with Gasteiger partial charge in [-0.2, -0.15) is 5.10 Å². The topological polar surface area (TPSA) is 43.8 Å². The number of hydrogen-bond acceptors (Lipinski definition) is 2. The third kappa shape index (κ3) is 1.59. The van der Waals surface area contributed by atoms with Gasteiger partial charge in [-0.15, -0.1) is 0 Å². The fourth-order valence-electron chi connectivity index (χ4n) is 2.68. The van der Waals surface area contributed by atoms with Crippen molar-refractivity contribution in [3.63, 3.8) is 0 Å². The van der Waals surface area contributed by atoms with Gasteiger partial charge in [0.1, 0.15) is 0 Å². The van der Waals surface area contributed by atoms with Crippen molar-refractivity contribution in [1.29, 1.82) is 0 Å². The van der Waals surface area contributed by atoms with Crippen molar-refractivity contribution in [2.24, 2.45) is 11.7 Å². The minimum atomic E-state index is 0.564. The summed E-state index contributed by atoms with van der Waals surface area (Å²) in [4.78, 5) is 0. The van der Waals surface area contributed by atoms with E-state index in [1.54, 1.807) is 0 Å². The summed E-state index contributed by atoms with van der Waals surface area (Å²) < 4.78 is 2.22. The van der Waals surface area contributed by atoms with Gasteiger partial charge in [-0.05, 0) is 51.1 Å². The zero-order valence-electron chi connectivity index (χ0n) is 9.95. The van der Waals surface area contributed by atoms with E-state index in [1.807, 2.05) is 0 Å². The number of aromatic nitrogens is 2. The van der Waals surface area contributed by atoms with E-state index in [2.05, 4.69) is 30.6 Å². The third-order valence-electron chi connectivity index (χ3n) is 3.82. The molecule has 1 aromatic rings. The predicted molar refractivity (Wildman–Crippen MR) is 61.9 cm³/mol. The standard InChI is InChI=1S/C12H21N3/c1-4-11-8(2)14-15(9(11)3)12-6-5-10(12)7-13/h10,12H,4-7,13H2,1-3H3. The molecule has 1 aliphatic rings. The second-order valence-electron chi connectivity index (χ2n) is 4.59.